The Bertz CT molecular complexity index is 190. The van der Waals surface area contributed by atoms with Crippen molar-refractivity contribution in [2.45, 2.75) is 77.9 Å². The Hall–Kier alpha value is -0.195. The van der Waals surface area contributed by atoms with Crippen molar-refractivity contribution in [2.24, 2.45) is 11.8 Å². The highest BCUT2D eigenvalue weighted by Crippen LogP contribution is 2.33. The van der Waals surface area contributed by atoms with Gasteiger partial charge in [-0.3, -0.25) is 0 Å². The summed E-state index contributed by atoms with van der Waals surface area (Å²) in [7, 11) is 1.45. The Morgan fingerprint density at radius 3 is 2.35 bits per heavy atom. The molecule has 0 aromatic rings. The average molecular weight is 234 g/mol. The summed E-state index contributed by atoms with van der Waals surface area (Å²) < 4.78 is 0. The SMILES string of the molecule is CCBCC1CCC(C/C=C\CCCC)CC1. The number of unbranched alkanes of at least 4 members (excludes halogenated alkanes) is 2. The third-order valence-electron chi connectivity index (χ3n) is 4.29. The van der Waals surface area contributed by atoms with E-state index in [4.69, 9.17) is 0 Å². The maximum atomic E-state index is 2.45. The maximum Gasteiger partial charge on any atom is 0.120 e. The lowest BCUT2D eigenvalue weighted by molar-refractivity contribution is 0.291. The van der Waals surface area contributed by atoms with Crippen molar-refractivity contribution in [1.82, 2.24) is 0 Å². The zero-order chi connectivity index (χ0) is 12.3. The van der Waals surface area contributed by atoms with Crippen LogP contribution < -0.4 is 0 Å². The highest BCUT2D eigenvalue weighted by Gasteiger charge is 2.19. The summed E-state index contributed by atoms with van der Waals surface area (Å²) in [6, 6.07) is 0. The van der Waals surface area contributed by atoms with Crippen LogP contribution in [0.4, 0.5) is 0 Å². The van der Waals surface area contributed by atoms with Gasteiger partial charge in [0.2, 0.25) is 0 Å². The predicted molar refractivity (Wildman–Crippen MR) is 81.2 cm³/mol. The molecule has 0 nitrogen and oxygen atoms in total. The lowest BCUT2D eigenvalue weighted by Crippen LogP contribution is -2.15. The Morgan fingerprint density at radius 1 is 1.00 bits per heavy atom. The monoisotopic (exact) mass is 234 g/mol. The molecule has 1 heteroatoms. The van der Waals surface area contributed by atoms with E-state index < -0.39 is 0 Å². The van der Waals surface area contributed by atoms with E-state index in [1.54, 1.807) is 0 Å². The first kappa shape index (κ1) is 14.9. The summed E-state index contributed by atoms with van der Waals surface area (Å²) in [6.45, 7) is 4.58. The zero-order valence-corrected chi connectivity index (χ0v) is 12.1. The van der Waals surface area contributed by atoms with E-state index in [-0.39, 0.29) is 0 Å². The van der Waals surface area contributed by atoms with Gasteiger partial charge in [0.25, 0.3) is 0 Å². The molecule has 0 heterocycles. The molecule has 1 aliphatic carbocycles. The number of allylic oxidation sites excluding steroid dienone is 2. The molecule has 1 fully saturated rings. The summed E-state index contributed by atoms with van der Waals surface area (Å²) in [5.41, 5.74) is 0. The quantitative estimate of drug-likeness (QED) is 0.307. The van der Waals surface area contributed by atoms with E-state index in [1.807, 2.05) is 0 Å². The highest BCUT2D eigenvalue weighted by atomic mass is 14.2. The van der Waals surface area contributed by atoms with Gasteiger partial charge in [-0.15, -0.1) is 0 Å². The first-order chi connectivity index (χ1) is 8.36. The van der Waals surface area contributed by atoms with Gasteiger partial charge in [0.05, 0.1) is 0 Å². The van der Waals surface area contributed by atoms with Crippen molar-refractivity contribution in [1.29, 1.82) is 0 Å². The average Bonchev–Trinajstić information content (AvgIpc) is 2.37. The van der Waals surface area contributed by atoms with Gasteiger partial charge in [-0.1, -0.05) is 64.3 Å². The van der Waals surface area contributed by atoms with Crippen LogP contribution in [0.25, 0.3) is 0 Å². The summed E-state index contributed by atoms with van der Waals surface area (Å²) in [5.74, 6) is 2.07. The second-order valence-electron chi connectivity index (χ2n) is 5.88. The van der Waals surface area contributed by atoms with Crippen LogP contribution in [0.5, 0.6) is 0 Å². The number of hydrogen-bond donors (Lipinski definition) is 0. The summed E-state index contributed by atoms with van der Waals surface area (Å²) in [6.07, 6.45) is 19.1. The van der Waals surface area contributed by atoms with Crippen molar-refractivity contribution >= 4 is 7.28 Å². The smallest absolute Gasteiger partial charge is 0.0885 e. The molecule has 0 saturated heterocycles. The van der Waals surface area contributed by atoms with Crippen LogP contribution in [0, 0.1) is 11.8 Å². The van der Waals surface area contributed by atoms with Crippen molar-refractivity contribution in [2.75, 3.05) is 0 Å². The summed E-state index contributed by atoms with van der Waals surface area (Å²) in [4.78, 5) is 0. The third-order valence-corrected chi connectivity index (χ3v) is 4.29. The minimum atomic E-state index is 1.01. The van der Waals surface area contributed by atoms with Crippen LogP contribution in [0.3, 0.4) is 0 Å². The molecular formula is C16H31B. The fourth-order valence-electron chi connectivity index (χ4n) is 2.98. The van der Waals surface area contributed by atoms with Crippen LogP contribution >= 0.6 is 0 Å². The van der Waals surface area contributed by atoms with Gasteiger partial charge in [-0.2, -0.15) is 0 Å². The van der Waals surface area contributed by atoms with E-state index in [0.29, 0.717) is 0 Å². The molecule has 0 radical (unpaired) electrons. The van der Waals surface area contributed by atoms with Gasteiger partial charge in [-0.05, 0) is 37.5 Å². The van der Waals surface area contributed by atoms with Crippen molar-refractivity contribution in [3.63, 3.8) is 0 Å². The first-order valence-electron chi connectivity index (χ1n) is 8.01. The molecule has 17 heavy (non-hydrogen) atoms. The first-order valence-corrected chi connectivity index (χ1v) is 8.01. The van der Waals surface area contributed by atoms with Crippen molar-refractivity contribution < 1.29 is 0 Å². The minimum absolute atomic E-state index is 1.01. The second-order valence-corrected chi connectivity index (χ2v) is 5.88. The summed E-state index contributed by atoms with van der Waals surface area (Å²) in [5, 5.41) is 0. The van der Waals surface area contributed by atoms with Crippen molar-refractivity contribution in [3.8, 4) is 0 Å². The van der Waals surface area contributed by atoms with Crippen LogP contribution in [-0.4, -0.2) is 7.28 Å². The molecule has 0 spiro atoms. The molecule has 1 aliphatic rings. The number of hydrogen-bond acceptors (Lipinski definition) is 0. The molecule has 98 valence electrons. The molecule has 0 aromatic heterocycles. The number of rotatable bonds is 8. The van der Waals surface area contributed by atoms with Gasteiger partial charge in [0, 0.05) is 0 Å². The second kappa shape index (κ2) is 9.80. The maximum absolute atomic E-state index is 2.45. The predicted octanol–water partition coefficient (Wildman–Crippen LogP) is 5.22. The molecule has 1 rings (SSSR count). The van der Waals surface area contributed by atoms with Gasteiger partial charge < -0.3 is 0 Å². The van der Waals surface area contributed by atoms with Crippen LogP contribution in [0.2, 0.25) is 12.6 Å². The topological polar surface area (TPSA) is 0 Å². The third kappa shape index (κ3) is 6.96. The Balaban J connectivity index is 2.04. The van der Waals surface area contributed by atoms with E-state index in [9.17, 15) is 0 Å². The van der Waals surface area contributed by atoms with E-state index in [2.05, 4.69) is 26.0 Å². The van der Waals surface area contributed by atoms with E-state index in [0.717, 1.165) is 11.8 Å². The zero-order valence-electron chi connectivity index (χ0n) is 12.1. The fraction of sp³-hybridized carbons (Fsp3) is 0.875. The Labute approximate surface area is 110 Å². The van der Waals surface area contributed by atoms with E-state index >= 15 is 0 Å². The fourth-order valence-corrected chi connectivity index (χ4v) is 2.98. The van der Waals surface area contributed by atoms with Gasteiger partial charge in [0.1, 0.15) is 7.28 Å². The largest absolute Gasteiger partial charge is 0.120 e. The molecule has 0 N–H and O–H groups in total. The Kier molecular flexibility index (Phi) is 8.57. The normalized spacial score (nSPS) is 25.3. The van der Waals surface area contributed by atoms with E-state index in [1.165, 1.54) is 71.3 Å². The molecule has 0 amide bonds. The molecule has 0 aliphatic heterocycles. The molecule has 0 aromatic carbocycles. The summed E-state index contributed by atoms with van der Waals surface area (Å²) >= 11 is 0. The van der Waals surface area contributed by atoms with Gasteiger partial charge in [0.15, 0.2) is 0 Å². The molecule has 0 bridgehead atoms. The Morgan fingerprint density at radius 2 is 1.71 bits per heavy atom. The lowest BCUT2D eigenvalue weighted by atomic mass is 9.63. The van der Waals surface area contributed by atoms with Crippen LogP contribution in [0.1, 0.15) is 65.2 Å². The van der Waals surface area contributed by atoms with Crippen LogP contribution in [-0.2, 0) is 0 Å². The highest BCUT2D eigenvalue weighted by molar-refractivity contribution is 6.35. The lowest BCUT2D eigenvalue weighted by Gasteiger charge is -2.27. The standard InChI is InChI=1S/C16H31B/c1-3-5-6-7-8-9-15-10-12-16(13-11-15)14-17-4-2/h7-8,15-17H,3-6,9-14H2,1-2H3/b8-7-. The molecular weight excluding hydrogens is 203 g/mol. The molecule has 0 unspecified atom stereocenters. The van der Waals surface area contributed by atoms with Crippen molar-refractivity contribution in [3.05, 3.63) is 12.2 Å². The molecule has 0 atom stereocenters. The minimum Gasteiger partial charge on any atom is -0.0885 e. The molecule has 1 saturated carbocycles. The van der Waals surface area contributed by atoms with Gasteiger partial charge in [-0.25, -0.2) is 0 Å². The van der Waals surface area contributed by atoms with Gasteiger partial charge >= 0.3 is 0 Å². The van der Waals surface area contributed by atoms with Crippen LogP contribution in [0.15, 0.2) is 12.2 Å².